The van der Waals surface area contributed by atoms with E-state index in [1.54, 1.807) is 36.4 Å². The topological polar surface area (TPSA) is 224 Å². The van der Waals surface area contributed by atoms with Gasteiger partial charge in [0, 0.05) is 32.3 Å². The van der Waals surface area contributed by atoms with E-state index in [0.29, 0.717) is 67.0 Å². The van der Waals surface area contributed by atoms with Gasteiger partial charge in [-0.15, -0.1) is 0 Å². The van der Waals surface area contributed by atoms with Gasteiger partial charge in [0.25, 0.3) is 0 Å². The number of fused-ring (bicyclic) bond motifs is 3. The molecule has 4 N–H and O–H groups in total. The molecule has 0 amide bonds. The quantitative estimate of drug-likeness (QED) is 0.0337. The predicted octanol–water partition coefficient (Wildman–Crippen LogP) is 14.9. The largest absolute Gasteiger partial charge is 0.458 e. The number of Topliss-reactive ketones (excluding diaryl/α,β-unsaturated/α-hetero) is 1. The van der Waals surface area contributed by atoms with Crippen LogP contribution in [0.3, 0.4) is 0 Å². The first-order valence-electron chi connectivity index (χ1n) is 34.6. The number of aliphatic hydroxyl groups is 4. The summed E-state index contributed by atoms with van der Waals surface area (Å²) >= 11 is 6.76. The van der Waals surface area contributed by atoms with Crippen molar-refractivity contribution >= 4 is 74.5 Å². The minimum absolute atomic E-state index is 0.000520. The molecule has 5 aliphatic heterocycles. The highest BCUT2D eigenvalue weighted by Gasteiger charge is 2.59. The fourth-order valence-corrected chi connectivity index (χ4v) is 16.7. The molecule has 5 saturated heterocycles. The zero-order valence-electron chi connectivity index (χ0n) is 59.7. The predicted molar refractivity (Wildman–Crippen MR) is 387 cm³/mol. The van der Waals surface area contributed by atoms with Gasteiger partial charge < -0.3 is 66.9 Å². The molecule has 5 fully saturated rings. The van der Waals surface area contributed by atoms with Crippen LogP contribution in [0.4, 0.5) is 0 Å². The van der Waals surface area contributed by atoms with Gasteiger partial charge in [0.2, 0.25) is 0 Å². The molecule has 5 aliphatic rings. The zero-order chi connectivity index (χ0) is 70.6. The third-order valence-electron chi connectivity index (χ3n) is 20.7. The number of ketones is 1. The van der Waals surface area contributed by atoms with E-state index in [4.69, 9.17) is 46.4 Å². The van der Waals surface area contributed by atoms with Gasteiger partial charge in [-0.25, -0.2) is 9.59 Å². The summed E-state index contributed by atoms with van der Waals surface area (Å²) in [5, 5.41) is 42.4. The van der Waals surface area contributed by atoms with E-state index < -0.39 is 110 Å². The number of aliphatic hydroxyl groups excluding tert-OH is 4. The summed E-state index contributed by atoms with van der Waals surface area (Å²) in [7, 11) is -7.18. The lowest BCUT2D eigenvalue weighted by Crippen LogP contribution is -2.69. The Morgan fingerprint density at radius 1 is 0.600 bits per heavy atom. The molecule has 0 radical (unpaired) electrons. The van der Waals surface area contributed by atoms with Gasteiger partial charge in [-0.05, 0) is 145 Å². The Kier molecular flexibility index (Phi) is 30.3. The Morgan fingerprint density at radius 2 is 1.07 bits per heavy atom. The number of esters is 2. The standard InChI is InChI=1S/C46H81BrO8Si3.C27H35BrO9/c1-18-22-35-28-30-37-39(50-35)41(54-57(14,15)45(6,7)8)42(55-58(16,17)46(9,10)11)40(52-37)38(53-56(12,13)44(3,4)5)29-26-34(48)25-27-36(31-32(2)47)51-43(49)33-23-20-19-21-24-33;1-15(28)13-19(35-27(33)16-5-3-2-4-6-16)8-7-17(30)14-21-22(31)25-26(37-21)23(32)24-20(36-25)10-9-18(34-24)11-12-29/h19-21,23-24,26,29,34-42,48H,2,18,22,25,27-28,30-31H2,1,3-17H3;2-6,18-26,29,31-32H,1,7-14H2/b29-26+;/t34?,35-,36+,37-,38-,39-,40?,41-,42+;18-,19-,20+,21-,22+,23+,24+,25+,26+/m01/s1. The molecule has 5 heterocycles. The first kappa shape index (κ1) is 81.4. The van der Waals surface area contributed by atoms with Gasteiger partial charge in [-0.1, -0.05) is 169 Å². The Labute approximate surface area is 588 Å². The van der Waals surface area contributed by atoms with Crippen LogP contribution in [0.1, 0.15) is 180 Å². The highest BCUT2D eigenvalue weighted by Crippen LogP contribution is 2.48. The summed E-state index contributed by atoms with van der Waals surface area (Å²) in [6.07, 6.45) is 1.93. The summed E-state index contributed by atoms with van der Waals surface area (Å²) in [6, 6.07) is 17.6. The molecule has 18 atom stereocenters. The fraction of sp³-hybridized carbons (Fsp3) is 0.712. The van der Waals surface area contributed by atoms with Crippen molar-refractivity contribution in [1.82, 2.24) is 0 Å². The third kappa shape index (κ3) is 23.0. The average molecular weight is 1510 g/mol. The van der Waals surface area contributed by atoms with Crippen molar-refractivity contribution in [3.63, 3.8) is 0 Å². The van der Waals surface area contributed by atoms with Crippen molar-refractivity contribution in [3.8, 4) is 0 Å². The number of hydrogen-bond acceptors (Lipinski definition) is 17. The second-order valence-electron chi connectivity index (χ2n) is 31.4. The molecule has 0 aliphatic carbocycles. The molecular weight excluding hydrogens is 1390 g/mol. The highest BCUT2D eigenvalue weighted by molar-refractivity contribution is 9.12. The number of carbonyl (C=O) groups excluding carboxylic acids is 3. The van der Waals surface area contributed by atoms with E-state index in [-0.39, 0.29) is 77.0 Å². The Bertz CT molecular complexity index is 2810. The lowest BCUT2D eigenvalue weighted by atomic mass is 9.87. The fourth-order valence-electron chi connectivity index (χ4n) is 12.1. The SMILES string of the molecule is C=C(Br)C[C@@H](CCC(=O)C[C@H]1O[C@H]2[C@@H](O)[C@H]3O[C@@H](CCO)CC[C@@H]3O[C@H]2[C@H]1O)OC(=O)c1ccccc1.C=C(Br)C[C@@H](CCC(O)/C=C/[C@H](O[Si](C)(C)C(C)(C)C)C1O[C@H]2CC[C@H](CCC)O[C@@H]2[C@H](O[Si](C)(C)C(C)(C)C)[C@@H]1O[Si](C)(C)C(C)(C)C)OC(=O)c1ccccc1. The van der Waals surface area contributed by atoms with E-state index >= 15 is 0 Å². The van der Waals surface area contributed by atoms with E-state index in [0.717, 1.165) is 30.2 Å². The minimum Gasteiger partial charge on any atom is -0.458 e. The average Bonchev–Trinajstić information content (AvgIpc) is 1.04. The van der Waals surface area contributed by atoms with Crippen LogP contribution in [0.2, 0.25) is 54.4 Å². The second-order valence-corrected chi connectivity index (χ2v) is 47.9. The van der Waals surface area contributed by atoms with Crippen molar-refractivity contribution < 1.29 is 81.2 Å². The molecule has 0 spiro atoms. The summed E-state index contributed by atoms with van der Waals surface area (Å²) in [6.45, 7) is 44.2. The van der Waals surface area contributed by atoms with E-state index in [2.05, 4.69) is 154 Å². The lowest BCUT2D eigenvalue weighted by molar-refractivity contribution is -0.267. The third-order valence-corrected chi connectivity index (χ3v) is 34.8. The zero-order valence-corrected chi connectivity index (χ0v) is 65.9. The highest BCUT2D eigenvalue weighted by atomic mass is 79.9. The molecule has 0 saturated carbocycles. The molecular formula is C73H116Br2O17Si3. The van der Waals surface area contributed by atoms with Gasteiger partial charge >= 0.3 is 11.9 Å². The van der Waals surface area contributed by atoms with Crippen LogP contribution in [-0.4, -0.2) is 180 Å². The number of ether oxygens (including phenoxy) is 7. The number of carbonyl (C=O) groups is 3. The number of benzene rings is 2. The number of rotatable bonds is 29. The number of halogens is 2. The lowest BCUT2D eigenvalue weighted by Gasteiger charge is -2.56. The van der Waals surface area contributed by atoms with Crippen LogP contribution in [-0.2, 0) is 51.2 Å². The molecule has 95 heavy (non-hydrogen) atoms. The van der Waals surface area contributed by atoms with Crippen LogP contribution in [0.25, 0.3) is 0 Å². The Balaban J connectivity index is 0.000000330. The van der Waals surface area contributed by atoms with Crippen molar-refractivity contribution in [2.45, 2.75) is 323 Å². The van der Waals surface area contributed by atoms with Gasteiger partial charge in [0.05, 0.1) is 53.9 Å². The number of hydrogen-bond donors (Lipinski definition) is 4. The smallest absolute Gasteiger partial charge is 0.338 e. The van der Waals surface area contributed by atoms with Gasteiger partial charge in [0.1, 0.15) is 72.9 Å². The first-order valence-corrected chi connectivity index (χ1v) is 44.9. The molecule has 0 bridgehead atoms. The maximum Gasteiger partial charge on any atom is 0.338 e. The molecule has 22 heteroatoms. The second kappa shape index (κ2) is 35.3. The maximum absolute atomic E-state index is 13.0. The summed E-state index contributed by atoms with van der Waals surface area (Å²) in [5.41, 5.74) is 0.915. The summed E-state index contributed by atoms with van der Waals surface area (Å²) < 4.78 is 67.6. The van der Waals surface area contributed by atoms with Crippen molar-refractivity contribution in [3.05, 3.63) is 106 Å². The summed E-state index contributed by atoms with van der Waals surface area (Å²) in [5.74, 6) is -1.02. The maximum atomic E-state index is 13.0. The molecule has 536 valence electrons. The molecule has 7 rings (SSSR count). The van der Waals surface area contributed by atoms with Gasteiger partial charge in [-0.2, -0.15) is 0 Å². The minimum atomic E-state index is -2.42. The molecule has 2 unspecified atom stereocenters. The van der Waals surface area contributed by atoms with Crippen LogP contribution < -0.4 is 0 Å². The van der Waals surface area contributed by atoms with Crippen molar-refractivity contribution in [2.75, 3.05) is 6.61 Å². The molecule has 17 nitrogen and oxygen atoms in total. The van der Waals surface area contributed by atoms with Crippen LogP contribution in [0.15, 0.2) is 94.9 Å². The van der Waals surface area contributed by atoms with E-state index in [1.807, 2.05) is 36.4 Å². The Morgan fingerprint density at radius 3 is 1.57 bits per heavy atom. The molecule has 0 aromatic heterocycles. The van der Waals surface area contributed by atoms with E-state index in [9.17, 15) is 34.8 Å². The molecule has 2 aromatic carbocycles. The van der Waals surface area contributed by atoms with Crippen molar-refractivity contribution in [2.24, 2.45) is 0 Å². The van der Waals surface area contributed by atoms with Crippen LogP contribution >= 0.6 is 31.9 Å². The van der Waals surface area contributed by atoms with Gasteiger partial charge in [0.15, 0.2) is 25.0 Å². The Hall–Kier alpha value is -2.60. The monoisotopic (exact) mass is 1510 g/mol. The van der Waals surface area contributed by atoms with Crippen LogP contribution in [0, 0.1) is 0 Å². The summed E-state index contributed by atoms with van der Waals surface area (Å²) in [4.78, 5) is 38.3. The molecule has 2 aromatic rings. The van der Waals surface area contributed by atoms with Crippen molar-refractivity contribution in [1.29, 1.82) is 0 Å². The van der Waals surface area contributed by atoms with E-state index in [1.165, 1.54) is 0 Å². The normalized spacial score (nSPS) is 28.7. The van der Waals surface area contributed by atoms with Gasteiger partial charge in [-0.3, -0.25) is 4.79 Å². The first-order chi connectivity index (χ1) is 44.3. The van der Waals surface area contributed by atoms with Crippen LogP contribution in [0.5, 0.6) is 0 Å².